The Balaban J connectivity index is 2.41. The number of piperidine rings is 1. The molecule has 0 bridgehead atoms. The van der Waals surface area contributed by atoms with Crippen molar-refractivity contribution in [3.05, 3.63) is 29.6 Å². The monoisotopic (exact) mass is 292 g/mol. The molecule has 1 saturated heterocycles. The van der Waals surface area contributed by atoms with Gasteiger partial charge >= 0.3 is 0 Å². The summed E-state index contributed by atoms with van der Waals surface area (Å²) in [5, 5.41) is 3.41. The highest BCUT2D eigenvalue weighted by molar-refractivity contribution is 5.57. The minimum absolute atomic E-state index is 0.0922. The van der Waals surface area contributed by atoms with Crippen LogP contribution in [0.2, 0.25) is 0 Å². The molecule has 4 atom stereocenters. The van der Waals surface area contributed by atoms with Gasteiger partial charge in [0.25, 0.3) is 0 Å². The second-order valence-corrected chi connectivity index (χ2v) is 6.67. The van der Waals surface area contributed by atoms with Crippen molar-refractivity contribution in [2.45, 2.75) is 53.1 Å². The van der Waals surface area contributed by atoms with Crippen molar-refractivity contribution in [2.24, 2.45) is 11.8 Å². The van der Waals surface area contributed by atoms with Crippen LogP contribution in [0.25, 0.3) is 0 Å². The van der Waals surface area contributed by atoms with Gasteiger partial charge in [0.1, 0.15) is 5.82 Å². The largest absolute Gasteiger partial charge is 0.366 e. The average molecular weight is 292 g/mol. The second-order valence-electron chi connectivity index (χ2n) is 6.67. The summed E-state index contributed by atoms with van der Waals surface area (Å²) in [6.45, 7) is 12.8. The number of hydrogen-bond donors (Lipinski definition) is 1. The molecule has 0 aromatic heterocycles. The van der Waals surface area contributed by atoms with E-state index in [0.717, 1.165) is 24.3 Å². The van der Waals surface area contributed by atoms with Crippen molar-refractivity contribution in [1.29, 1.82) is 0 Å². The number of hydrogen-bond acceptors (Lipinski definition) is 2. The van der Waals surface area contributed by atoms with Gasteiger partial charge in [0, 0.05) is 18.6 Å². The summed E-state index contributed by atoms with van der Waals surface area (Å²) in [5.74, 6) is 1.11. The van der Waals surface area contributed by atoms with Crippen molar-refractivity contribution >= 4 is 5.69 Å². The van der Waals surface area contributed by atoms with Gasteiger partial charge < -0.3 is 10.2 Å². The minimum atomic E-state index is -0.0922. The van der Waals surface area contributed by atoms with E-state index in [9.17, 15) is 4.39 Å². The van der Waals surface area contributed by atoms with Gasteiger partial charge in [-0.1, -0.05) is 32.9 Å². The van der Waals surface area contributed by atoms with Crippen LogP contribution in [0.1, 0.15) is 52.6 Å². The van der Waals surface area contributed by atoms with Crippen molar-refractivity contribution < 1.29 is 4.39 Å². The molecule has 1 heterocycles. The van der Waals surface area contributed by atoms with Crippen LogP contribution in [0.5, 0.6) is 0 Å². The Hall–Kier alpha value is -1.09. The Kier molecular flexibility index (Phi) is 5.26. The van der Waals surface area contributed by atoms with E-state index < -0.39 is 0 Å². The molecule has 1 aliphatic heterocycles. The number of anilines is 1. The maximum absolute atomic E-state index is 14.6. The Morgan fingerprint density at radius 1 is 1.33 bits per heavy atom. The number of nitrogens with zero attached hydrogens (tertiary/aromatic N) is 1. The summed E-state index contributed by atoms with van der Waals surface area (Å²) in [4.78, 5) is 2.29. The lowest BCUT2D eigenvalue weighted by Crippen LogP contribution is -2.47. The van der Waals surface area contributed by atoms with Crippen molar-refractivity contribution in [2.75, 3.05) is 18.0 Å². The van der Waals surface area contributed by atoms with E-state index in [2.05, 4.69) is 50.9 Å². The first-order chi connectivity index (χ1) is 9.95. The molecular weight excluding hydrogens is 263 g/mol. The number of benzene rings is 1. The fourth-order valence-electron chi connectivity index (χ4n) is 3.61. The highest BCUT2D eigenvalue weighted by Gasteiger charge is 2.32. The van der Waals surface area contributed by atoms with Gasteiger partial charge in [-0.2, -0.15) is 0 Å². The number of rotatable bonds is 4. The summed E-state index contributed by atoms with van der Waals surface area (Å²) in [7, 11) is 0. The zero-order chi connectivity index (χ0) is 15.6. The van der Waals surface area contributed by atoms with Gasteiger partial charge in [-0.15, -0.1) is 0 Å². The molecule has 0 radical (unpaired) electrons. The Morgan fingerprint density at radius 3 is 2.71 bits per heavy atom. The standard InChI is InChI=1S/C18H29FN2/c1-6-20-14(4)16-8-7-9-17(19)18(16)21-11-12(2)10-13(3)15(21)5/h7-9,12-15,20H,6,10-11H2,1-5H3. The Bertz CT molecular complexity index is 474. The smallest absolute Gasteiger partial charge is 0.146 e. The minimum Gasteiger partial charge on any atom is -0.366 e. The molecule has 0 saturated carbocycles. The molecule has 0 amide bonds. The lowest BCUT2D eigenvalue weighted by Gasteiger charge is -2.44. The normalized spacial score (nSPS) is 27.7. The van der Waals surface area contributed by atoms with Crippen LogP contribution in [-0.4, -0.2) is 19.1 Å². The van der Waals surface area contributed by atoms with E-state index in [1.165, 1.54) is 6.42 Å². The van der Waals surface area contributed by atoms with E-state index in [1.807, 2.05) is 6.07 Å². The van der Waals surface area contributed by atoms with Crippen LogP contribution in [0.4, 0.5) is 10.1 Å². The van der Waals surface area contributed by atoms with Gasteiger partial charge in [0.15, 0.2) is 0 Å². The van der Waals surface area contributed by atoms with E-state index in [4.69, 9.17) is 0 Å². The number of nitrogens with one attached hydrogen (secondary N) is 1. The highest BCUT2D eigenvalue weighted by Crippen LogP contribution is 2.36. The predicted molar refractivity (Wildman–Crippen MR) is 88.2 cm³/mol. The summed E-state index contributed by atoms with van der Waals surface area (Å²) in [6, 6.07) is 6.02. The molecule has 21 heavy (non-hydrogen) atoms. The molecule has 1 aromatic rings. The number of para-hydroxylation sites is 1. The Labute approximate surface area is 128 Å². The van der Waals surface area contributed by atoms with Gasteiger partial charge in [-0.05, 0) is 50.3 Å². The fourth-order valence-corrected chi connectivity index (χ4v) is 3.61. The van der Waals surface area contributed by atoms with E-state index in [1.54, 1.807) is 6.07 Å². The van der Waals surface area contributed by atoms with Gasteiger partial charge in [-0.25, -0.2) is 4.39 Å². The third-order valence-corrected chi connectivity index (χ3v) is 4.88. The molecule has 4 unspecified atom stereocenters. The maximum Gasteiger partial charge on any atom is 0.146 e. The van der Waals surface area contributed by atoms with Gasteiger partial charge in [0.05, 0.1) is 5.69 Å². The first-order valence-corrected chi connectivity index (χ1v) is 8.24. The lowest BCUT2D eigenvalue weighted by atomic mass is 9.85. The van der Waals surface area contributed by atoms with Crippen LogP contribution < -0.4 is 10.2 Å². The average Bonchev–Trinajstić information content (AvgIpc) is 2.43. The zero-order valence-corrected chi connectivity index (χ0v) is 14.0. The molecule has 1 fully saturated rings. The SMILES string of the molecule is CCNC(C)c1cccc(F)c1N1CC(C)CC(C)C1C. The molecule has 0 spiro atoms. The fraction of sp³-hybridized carbons (Fsp3) is 0.667. The van der Waals surface area contributed by atoms with Crippen molar-refractivity contribution in [3.63, 3.8) is 0 Å². The maximum atomic E-state index is 14.6. The molecule has 2 rings (SSSR count). The predicted octanol–water partition coefficient (Wildman–Crippen LogP) is 4.37. The molecule has 1 aliphatic rings. The molecular formula is C18H29FN2. The highest BCUT2D eigenvalue weighted by atomic mass is 19.1. The second kappa shape index (κ2) is 6.78. The van der Waals surface area contributed by atoms with Crippen LogP contribution in [0.15, 0.2) is 18.2 Å². The van der Waals surface area contributed by atoms with Crippen molar-refractivity contribution in [3.8, 4) is 0 Å². The number of halogens is 1. The third-order valence-electron chi connectivity index (χ3n) is 4.88. The van der Waals surface area contributed by atoms with E-state index in [-0.39, 0.29) is 11.9 Å². The molecule has 1 N–H and O–H groups in total. The zero-order valence-electron chi connectivity index (χ0n) is 14.0. The van der Waals surface area contributed by atoms with E-state index >= 15 is 0 Å². The van der Waals surface area contributed by atoms with Gasteiger partial charge in [-0.3, -0.25) is 0 Å². The first kappa shape index (κ1) is 16.3. The van der Waals surface area contributed by atoms with Crippen LogP contribution >= 0.6 is 0 Å². The molecule has 0 aliphatic carbocycles. The topological polar surface area (TPSA) is 15.3 Å². The van der Waals surface area contributed by atoms with E-state index in [0.29, 0.717) is 17.9 Å². The summed E-state index contributed by atoms with van der Waals surface area (Å²) >= 11 is 0. The summed E-state index contributed by atoms with van der Waals surface area (Å²) < 4.78 is 14.6. The molecule has 2 nitrogen and oxygen atoms in total. The first-order valence-electron chi connectivity index (χ1n) is 8.24. The third kappa shape index (κ3) is 3.39. The Morgan fingerprint density at radius 2 is 2.05 bits per heavy atom. The van der Waals surface area contributed by atoms with Crippen LogP contribution in [0.3, 0.4) is 0 Å². The summed E-state index contributed by atoms with van der Waals surface area (Å²) in [5.41, 5.74) is 1.88. The molecule has 1 aromatic carbocycles. The summed E-state index contributed by atoms with van der Waals surface area (Å²) in [6.07, 6.45) is 1.23. The van der Waals surface area contributed by atoms with Crippen LogP contribution in [0, 0.1) is 17.7 Å². The van der Waals surface area contributed by atoms with Crippen LogP contribution in [-0.2, 0) is 0 Å². The quantitative estimate of drug-likeness (QED) is 0.886. The lowest BCUT2D eigenvalue weighted by molar-refractivity contribution is 0.294. The molecule has 118 valence electrons. The van der Waals surface area contributed by atoms with Crippen molar-refractivity contribution in [1.82, 2.24) is 5.32 Å². The van der Waals surface area contributed by atoms with Gasteiger partial charge in [0.2, 0.25) is 0 Å². The molecule has 3 heteroatoms.